The molecule has 0 bridgehead atoms. The van der Waals surface area contributed by atoms with Crippen LogP contribution >= 0.6 is 0 Å². The lowest BCUT2D eigenvalue weighted by Gasteiger charge is -2.37. The van der Waals surface area contributed by atoms with Crippen LogP contribution in [0, 0.1) is 5.92 Å². The molecule has 0 aliphatic carbocycles. The van der Waals surface area contributed by atoms with Crippen LogP contribution in [0.5, 0.6) is 0 Å². The molecule has 5 heteroatoms. The van der Waals surface area contributed by atoms with Crippen LogP contribution in [-0.2, 0) is 24.7 Å². The maximum absolute atomic E-state index is 12.8. The number of aromatic nitrogens is 2. The van der Waals surface area contributed by atoms with E-state index in [1.54, 1.807) is 10.9 Å². The fourth-order valence-corrected chi connectivity index (χ4v) is 3.31. The van der Waals surface area contributed by atoms with Crippen LogP contribution in [-0.4, -0.2) is 27.1 Å². The Balaban J connectivity index is 1.78. The Morgan fingerprint density at radius 2 is 2.26 bits per heavy atom. The molecule has 0 radical (unpaired) electrons. The van der Waals surface area contributed by atoms with E-state index in [2.05, 4.69) is 18.9 Å². The van der Waals surface area contributed by atoms with E-state index in [-0.39, 0.29) is 11.9 Å². The van der Waals surface area contributed by atoms with Gasteiger partial charge in [-0.15, -0.1) is 0 Å². The Bertz CT molecular complexity index is 673. The quantitative estimate of drug-likeness (QED) is 0.871. The third-order valence-electron chi connectivity index (χ3n) is 4.66. The maximum atomic E-state index is 12.8. The zero-order valence-electron chi connectivity index (χ0n) is 14.2. The number of furan rings is 1. The molecule has 3 heterocycles. The van der Waals surface area contributed by atoms with E-state index in [9.17, 15) is 4.79 Å². The fourth-order valence-electron chi connectivity index (χ4n) is 3.31. The van der Waals surface area contributed by atoms with Crippen LogP contribution in [0.4, 0.5) is 0 Å². The lowest BCUT2D eigenvalue weighted by Crippen LogP contribution is -2.41. The van der Waals surface area contributed by atoms with Gasteiger partial charge in [0, 0.05) is 26.2 Å². The Hall–Kier alpha value is -2.04. The number of likely N-dealkylation sites (tertiary alicyclic amines) is 1. The van der Waals surface area contributed by atoms with Gasteiger partial charge in [0.15, 0.2) is 0 Å². The normalized spacial score (nSPS) is 21.6. The first kappa shape index (κ1) is 15.8. The van der Waals surface area contributed by atoms with Crippen molar-refractivity contribution < 1.29 is 9.21 Å². The zero-order valence-corrected chi connectivity index (χ0v) is 14.2. The molecule has 1 amide bonds. The number of hydrogen-bond acceptors (Lipinski definition) is 3. The lowest BCUT2D eigenvalue weighted by atomic mass is 9.90. The molecule has 124 valence electrons. The molecular formula is C18H25N3O2. The number of carbonyl (C=O) groups excluding carboxylic acids is 1. The highest BCUT2D eigenvalue weighted by atomic mass is 16.3. The Labute approximate surface area is 137 Å². The minimum absolute atomic E-state index is 0.0585. The van der Waals surface area contributed by atoms with Crippen molar-refractivity contribution in [2.45, 2.75) is 45.6 Å². The SMILES string of the molecule is CCc1ccc([C@H]2C[C@@H](C)CCN2C(=O)Cc2cnn(C)c2)o1. The molecule has 2 aromatic heterocycles. The van der Waals surface area contributed by atoms with Gasteiger partial charge in [-0.2, -0.15) is 5.10 Å². The van der Waals surface area contributed by atoms with Crippen LogP contribution < -0.4 is 0 Å². The monoisotopic (exact) mass is 315 g/mol. The number of hydrogen-bond donors (Lipinski definition) is 0. The van der Waals surface area contributed by atoms with Gasteiger partial charge >= 0.3 is 0 Å². The molecule has 1 fully saturated rings. The number of piperidine rings is 1. The molecule has 0 unspecified atom stereocenters. The standard InChI is InChI=1S/C18H25N3O2/c1-4-15-5-6-17(23-15)16-9-13(2)7-8-21(16)18(22)10-14-11-19-20(3)12-14/h5-6,11-13,16H,4,7-10H2,1-3H3/t13-,16+/m0/s1. The predicted molar refractivity (Wildman–Crippen MR) is 87.9 cm³/mol. The van der Waals surface area contributed by atoms with E-state index in [4.69, 9.17) is 4.42 Å². The minimum Gasteiger partial charge on any atom is -0.464 e. The Morgan fingerprint density at radius 1 is 1.43 bits per heavy atom. The highest BCUT2D eigenvalue weighted by Crippen LogP contribution is 2.35. The van der Waals surface area contributed by atoms with E-state index in [1.165, 1.54) is 0 Å². The summed E-state index contributed by atoms with van der Waals surface area (Å²) in [5, 5.41) is 4.15. The molecule has 0 spiro atoms. The van der Waals surface area contributed by atoms with Crippen LogP contribution in [0.1, 0.15) is 49.8 Å². The van der Waals surface area contributed by atoms with Crippen molar-refractivity contribution in [3.63, 3.8) is 0 Å². The van der Waals surface area contributed by atoms with E-state index >= 15 is 0 Å². The van der Waals surface area contributed by atoms with Gasteiger partial charge in [-0.25, -0.2) is 0 Å². The highest BCUT2D eigenvalue weighted by molar-refractivity contribution is 5.79. The molecule has 0 saturated carbocycles. The topological polar surface area (TPSA) is 51.3 Å². The van der Waals surface area contributed by atoms with E-state index < -0.39 is 0 Å². The summed E-state index contributed by atoms with van der Waals surface area (Å²) in [6.07, 6.45) is 6.97. The third kappa shape index (κ3) is 3.49. The number of carbonyl (C=O) groups is 1. The number of nitrogens with zero attached hydrogens (tertiary/aromatic N) is 3. The van der Waals surface area contributed by atoms with Crippen molar-refractivity contribution in [1.82, 2.24) is 14.7 Å². The number of rotatable bonds is 4. The van der Waals surface area contributed by atoms with Gasteiger partial charge in [0.2, 0.25) is 5.91 Å². The van der Waals surface area contributed by atoms with E-state index in [1.807, 2.05) is 30.3 Å². The lowest BCUT2D eigenvalue weighted by molar-refractivity contribution is -0.135. The highest BCUT2D eigenvalue weighted by Gasteiger charge is 2.33. The molecule has 1 aliphatic rings. The van der Waals surface area contributed by atoms with Crippen LogP contribution in [0.25, 0.3) is 0 Å². The summed E-state index contributed by atoms with van der Waals surface area (Å²) in [5.74, 6) is 2.67. The van der Waals surface area contributed by atoms with Gasteiger partial charge in [0.05, 0.1) is 18.7 Å². The summed E-state index contributed by atoms with van der Waals surface area (Å²) in [7, 11) is 1.87. The van der Waals surface area contributed by atoms with Crippen LogP contribution in [0.15, 0.2) is 28.9 Å². The van der Waals surface area contributed by atoms with Crippen molar-refractivity contribution in [1.29, 1.82) is 0 Å². The molecular weight excluding hydrogens is 290 g/mol. The summed E-state index contributed by atoms with van der Waals surface area (Å²) < 4.78 is 7.68. The largest absolute Gasteiger partial charge is 0.464 e. The molecule has 2 aromatic rings. The first-order chi connectivity index (χ1) is 11.1. The van der Waals surface area contributed by atoms with E-state index in [0.29, 0.717) is 12.3 Å². The summed E-state index contributed by atoms with van der Waals surface area (Å²) >= 11 is 0. The molecule has 0 aromatic carbocycles. The van der Waals surface area contributed by atoms with E-state index in [0.717, 1.165) is 42.9 Å². The van der Waals surface area contributed by atoms with Gasteiger partial charge in [0.1, 0.15) is 11.5 Å². The average molecular weight is 315 g/mol. The summed E-state index contributed by atoms with van der Waals surface area (Å²) in [6.45, 7) is 5.13. The molecule has 1 aliphatic heterocycles. The zero-order chi connectivity index (χ0) is 16.4. The first-order valence-corrected chi connectivity index (χ1v) is 8.42. The molecule has 23 heavy (non-hydrogen) atoms. The molecule has 3 rings (SSSR count). The van der Waals surface area contributed by atoms with Gasteiger partial charge in [-0.1, -0.05) is 13.8 Å². The second kappa shape index (κ2) is 6.60. The van der Waals surface area contributed by atoms with Gasteiger partial charge in [-0.3, -0.25) is 9.48 Å². The van der Waals surface area contributed by atoms with Crippen LogP contribution in [0.2, 0.25) is 0 Å². The first-order valence-electron chi connectivity index (χ1n) is 8.42. The maximum Gasteiger partial charge on any atom is 0.227 e. The summed E-state index contributed by atoms with van der Waals surface area (Å²) in [6, 6.07) is 4.12. The average Bonchev–Trinajstić information content (AvgIpc) is 3.16. The molecule has 5 nitrogen and oxygen atoms in total. The Kier molecular flexibility index (Phi) is 4.55. The van der Waals surface area contributed by atoms with Crippen molar-refractivity contribution in [2.24, 2.45) is 13.0 Å². The van der Waals surface area contributed by atoms with Crippen molar-refractivity contribution in [3.8, 4) is 0 Å². The fraction of sp³-hybridized carbons (Fsp3) is 0.556. The summed E-state index contributed by atoms with van der Waals surface area (Å²) in [4.78, 5) is 14.8. The predicted octanol–water partition coefficient (Wildman–Crippen LogP) is 3.12. The van der Waals surface area contributed by atoms with Gasteiger partial charge in [-0.05, 0) is 36.5 Å². The number of aryl methyl sites for hydroxylation is 2. The second-order valence-electron chi connectivity index (χ2n) is 6.59. The smallest absolute Gasteiger partial charge is 0.227 e. The van der Waals surface area contributed by atoms with Crippen molar-refractivity contribution >= 4 is 5.91 Å². The van der Waals surface area contributed by atoms with Crippen molar-refractivity contribution in [3.05, 3.63) is 41.6 Å². The number of amides is 1. The van der Waals surface area contributed by atoms with Crippen LogP contribution in [0.3, 0.4) is 0 Å². The Morgan fingerprint density at radius 3 is 2.91 bits per heavy atom. The molecule has 1 saturated heterocycles. The summed E-state index contributed by atoms with van der Waals surface area (Å²) in [5.41, 5.74) is 0.962. The third-order valence-corrected chi connectivity index (χ3v) is 4.66. The van der Waals surface area contributed by atoms with Gasteiger partial charge in [0.25, 0.3) is 0 Å². The minimum atomic E-state index is 0.0585. The molecule has 0 N–H and O–H groups in total. The van der Waals surface area contributed by atoms with Crippen molar-refractivity contribution in [2.75, 3.05) is 6.54 Å². The van der Waals surface area contributed by atoms with Gasteiger partial charge < -0.3 is 9.32 Å². The molecule has 2 atom stereocenters. The second-order valence-corrected chi connectivity index (χ2v) is 6.59.